The summed E-state index contributed by atoms with van der Waals surface area (Å²) in [6, 6.07) is 10.7. The van der Waals surface area contributed by atoms with E-state index in [-0.39, 0.29) is 16.4 Å². The topological polar surface area (TPSA) is 89.5 Å². The highest BCUT2D eigenvalue weighted by molar-refractivity contribution is 7.89. The second kappa shape index (κ2) is 7.87. The maximum Gasteiger partial charge on any atom is 0.297 e. The summed E-state index contributed by atoms with van der Waals surface area (Å²) in [7, 11) is -7.73. The van der Waals surface area contributed by atoms with Crippen LogP contribution in [0, 0.1) is 20.8 Å². The lowest BCUT2D eigenvalue weighted by Gasteiger charge is -2.16. The molecule has 0 amide bonds. The molecule has 0 aromatic heterocycles. The Kier molecular flexibility index (Phi) is 6.23. The minimum absolute atomic E-state index is 0.111. The van der Waals surface area contributed by atoms with Crippen LogP contribution in [0.2, 0.25) is 0 Å². The predicted octanol–water partition coefficient (Wildman–Crippen LogP) is 2.68. The number of aryl methyl sites for hydroxylation is 3. The van der Waals surface area contributed by atoms with Crippen LogP contribution in [0.3, 0.4) is 0 Å². The van der Waals surface area contributed by atoms with Gasteiger partial charge in [-0.2, -0.15) is 8.42 Å². The lowest BCUT2D eigenvalue weighted by atomic mass is 10.1. The van der Waals surface area contributed by atoms with Crippen LogP contribution in [0.1, 0.15) is 23.6 Å². The largest absolute Gasteiger partial charge is 0.297 e. The molecule has 0 aliphatic heterocycles. The van der Waals surface area contributed by atoms with E-state index >= 15 is 0 Å². The molecule has 0 aliphatic rings. The molecule has 2 rings (SSSR count). The van der Waals surface area contributed by atoms with Crippen LogP contribution in [-0.4, -0.2) is 29.5 Å². The highest BCUT2D eigenvalue weighted by Gasteiger charge is 2.24. The van der Waals surface area contributed by atoms with E-state index in [9.17, 15) is 16.8 Å². The highest BCUT2D eigenvalue weighted by Crippen LogP contribution is 2.23. The predicted molar refractivity (Wildman–Crippen MR) is 100 cm³/mol. The van der Waals surface area contributed by atoms with Crippen molar-refractivity contribution in [3.63, 3.8) is 0 Å². The van der Waals surface area contributed by atoms with Crippen LogP contribution in [-0.2, 0) is 24.3 Å². The highest BCUT2D eigenvalue weighted by atomic mass is 32.2. The van der Waals surface area contributed by atoms with Gasteiger partial charge in [0.25, 0.3) is 10.1 Å². The lowest BCUT2D eigenvalue weighted by Crippen LogP contribution is -2.36. The molecule has 0 aliphatic carbocycles. The summed E-state index contributed by atoms with van der Waals surface area (Å²) in [5.41, 5.74) is 2.16. The third-order valence-corrected chi connectivity index (χ3v) is 6.93. The number of benzene rings is 2. The molecule has 6 nitrogen and oxygen atoms in total. The Morgan fingerprint density at radius 2 is 1.50 bits per heavy atom. The smallest absolute Gasteiger partial charge is 0.265 e. The third kappa shape index (κ3) is 4.91. The molecule has 2 aromatic carbocycles. The van der Waals surface area contributed by atoms with E-state index in [1.54, 1.807) is 51.1 Å². The minimum Gasteiger partial charge on any atom is -0.265 e. The van der Waals surface area contributed by atoms with Gasteiger partial charge >= 0.3 is 0 Å². The molecule has 2 aromatic rings. The fourth-order valence-electron chi connectivity index (χ4n) is 2.78. The van der Waals surface area contributed by atoms with Gasteiger partial charge in [0.1, 0.15) is 0 Å². The molecular formula is C18H23NO5S2. The van der Waals surface area contributed by atoms with Crippen molar-refractivity contribution in [3.8, 4) is 0 Å². The van der Waals surface area contributed by atoms with Gasteiger partial charge in [-0.3, -0.25) is 4.18 Å². The Labute approximate surface area is 155 Å². The van der Waals surface area contributed by atoms with Crippen molar-refractivity contribution in [2.75, 3.05) is 6.61 Å². The van der Waals surface area contributed by atoms with E-state index < -0.39 is 26.2 Å². The van der Waals surface area contributed by atoms with E-state index in [4.69, 9.17) is 4.18 Å². The van der Waals surface area contributed by atoms with Crippen LogP contribution < -0.4 is 4.72 Å². The van der Waals surface area contributed by atoms with Gasteiger partial charge in [0.05, 0.1) is 16.4 Å². The quantitative estimate of drug-likeness (QED) is 0.726. The van der Waals surface area contributed by atoms with Crippen molar-refractivity contribution in [2.45, 2.75) is 43.5 Å². The van der Waals surface area contributed by atoms with Crippen molar-refractivity contribution in [3.05, 3.63) is 59.2 Å². The van der Waals surface area contributed by atoms with Gasteiger partial charge in [-0.05, 0) is 51.0 Å². The van der Waals surface area contributed by atoms with Gasteiger partial charge in [-0.15, -0.1) is 0 Å². The first-order chi connectivity index (χ1) is 12.0. The van der Waals surface area contributed by atoms with Crippen molar-refractivity contribution in [2.24, 2.45) is 0 Å². The van der Waals surface area contributed by atoms with Crippen LogP contribution in [0.5, 0.6) is 0 Å². The Morgan fingerprint density at radius 3 is 2.04 bits per heavy atom. The Balaban J connectivity index is 2.11. The third-order valence-electron chi connectivity index (χ3n) is 3.74. The zero-order valence-corrected chi connectivity index (χ0v) is 16.8. The summed E-state index contributed by atoms with van der Waals surface area (Å²) in [4.78, 5) is 0.237. The number of hydrogen-bond donors (Lipinski definition) is 1. The van der Waals surface area contributed by atoms with Crippen LogP contribution in [0.4, 0.5) is 0 Å². The van der Waals surface area contributed by atoms with E-state index in [0.717, 1.165) is 5.56 Å². The summed E-state index contributed by atoms with van der Waals surface area (Å²) in [6.45, 7) is 6.54. The molecule has 0 radical (unpaired) electrons. The number of sulfonamides is 1. The molecule has 1 unspecified atom stereocenters. The average molecular weight is 398 g/mol. The van der Waals surface area contributed by atoms with Gasteiger partial charge in [0.2, 0.25) is 10.0 Å². The molecule has 0 heterocycles. The van der Waals surface area contributed by atoms with E-state index in [1.165, 1.54) is 12.1 Å². The van der Waals surface area contributed by atoms with Gasteiger partial charge < -0.3 is 0 Å². The van der Waals surface area contributed by atoms with Gasteiger partial charge in [0.15, 0.2) is 0 Å². The van der Waals surface area contributed by atoms with Crippen LogP contribution in [0.15, 0.2) is 52.3 Å². The summed E-state index contributed by atoms with van der Waals surface area (Å²) >= 11 is 0. The van der Waals surface area contributed by atoms with Gasteiger partial charge in [-0.25, -0.2) is 13.1 Å². The van der Waals surface area contributed by atoms with Crippen LogP contribution >= 0.6 is 0 Å². The second-order valence-electron chi connectivity index (χ2n) is 6.30. The summed E-state index contributed by atoms with van der Waals surface area (Å²) in [5, 5.41) is 0. The van der Waals surface area contributed by atoms with E-state index in [2.05, 4.69) is 4.72 Å². The number of nitrogens with one attached hydrogen (secondary N) is 1. The van der Waals surface area contributed by atoms with Crippen molar-refractivity contribution in [1.29, 1.82) is 0 Å². The SMILES string of the molecule is Cc1cc(C)c(S(=O)(=O)OCC(C)NS(=O)(=O)c2ccccc2)c(C)c1. The molecule has 1 N–H and O–H groups in total. The zero-order valence-electron chi connectivity index (χ0n) is 15.2. The molecule has 0 bridgehead atoms. The molecule has 1 atom stereocenters. The van der Waals surface area contributed by atoms with E-state index in [1.807, 2.05) is 6.92 Å². The first-order valence-corrected chi connectivity index (χ1v) is 11.0. The maximum atomic E-state index is 12.5. The molecule has 0 saturated heterocycles. The normalized spacial score (nSPS) is 13.5. The molecule has 0 saturated carbocycles. The molecule has 8 heteroatoms. The maximum absolute atomic E-state index is 12.5. The average Bonchev–Trinajstić information content (AvgIpc) is 2.52. The number of rotatable bonds is 7. The molecule has 0 spiro atoms. The first kappa shape index (κ1) is 20.6. The second-order valence-corrected chi connectivity index (χ2v) is 9.57. The monoisotopic (exact) mass is 397 g/mol. The van der Waals surface area contributed by atoms with E-state index in [0.29, 0.717) is 11.1 Å². The molecule has 26 heavy (non-hydrogen) atoms. The summed E-state index contributed by atoms with van der Waals surface area (Å²) in [5.74, 6) is 0. The first-order valence-electron chi connectivity index (χ1n) is 8.07. The van der Waals surface area contributed by atoms with Gasteiger partial charge in [0, 0.05) is 6.04 Å². The summed E-state index contributed by atoms with van der Waals surface area (Å²) < 4.78 is 57.1. The molecular weight excluding hydrogens is 374 g/mol. The molecule has 0 fully saturated rings. The number of hydrogen-bond acceptors (Lipinski definition) is 5. The van der Waals surface area contributed by atoms with Gasteiger partial charge in [-0.1, -0.05) is 35.9 Å². The van der Waals surface area contributed by atoms with Crippen LogP contribution in [0.25, 0.3) is 0 Å². The minimum atomic E-state index is -3.99. The van der Waals surface area contributed by atoms with Crippen molar-refractivity contribution < 1.29 is 21.0 Å². The molecule has 142 valence electrons. The Hall–Kier alpha value is -1.74. The lowest BCUT2D eigenvalue weighted by molar-refractivity contribution is 0.290. The fourth-order valence-corrected chi connectivity index (χ4v) is 5.44. The zero-order chi connectivity index (χ0) is 19.5. The Morgan fingerprint density at radius 1 is 0.962 bits per heavy atom. The van der Waals surface area contributed by atoms with Crippen molar-refractivity contribution >= 4 is 20.1 Å². The Bertz CT molecular complexity index is 960. The standard InChI is InChI=1S/C18H23NO5S2/c1-13-10-14(2)18(15(3)11-13)26(22,23)24-12-16(4)19-25(20,21)17-8-6-5-7-9-17/h5-11,16,19H,12H2,1-4H3. The summed E-state index contributed by atoms with van der Waals surface area (Å²) in [6.07, 6.45) is 0. The fraction of sp³-hybridized carbons (Fsp3) is 0.333. The van der Waals surface area contributed by atoms with Crippen molar-refractivity contribution in [1.82, 2.24) is 4.72 Å².